The van der Waals surface area contributed by atoms with Gasteiger partial charge in [-0.1, -0.05) is 29.8 Å². The van der Waals surface area contributed by atoms with E-state index in [9.17, 15) is 18.3 Å². The number of aromatic nitrogens is 2. The number of hydrogen-bond acceptors (Lipinski definition) is 8. The number of carbonyl (C=O) groups excluding carboxylic acids is 1. The fraction of sp³-hybridized carbons (Fsp3) is 0.257. The number of aliphatic hydroxyl groups excluding tert-OH is 1. The molecule has 0 unspecified atom stereocenters. The summed E-state index contributed by atoms with van der Waals surface area (Å²) in [5.41, 5.74) is 5.68. The fourth-order valence-corrected chi connectivity index (χ4v) is 7.31. The molecule has 3 aromatic carbocycles. The van der Waals surface area contributed by atoms with Gasteiger partial charge in [-0.25, -0.2) is 17.4 Å². The van der Waals surface area contributed by atoms with Crippen LogP contribution in [0.1, 0.15) is 21.5 Å². The maximum atomic E-state index is 14.0. The molecule has 46 heavy (non-hydrogen) atoms. The zero-order chi connectivity index (χ0) is 32.2. The Morgan fingerprint density at radius 2 is 1.74 bits per heavy atom. The molecule has 0 spiro atoms. The number of ether oxygens (including phenoxy) is 2. The molecule has 2 aliphatic rings. The molecule has 0 atom stereocenters. The molecule has 0 radical (unpaired) electrons. The van der Waals surface area contributed by atoms with Crippen LogP contribution in [-0.2, 0) is 16.6 Å². The molecule has 0 bridgehead atoms. The number of pyridine rings is 1. The van der Waals surface area contributed by atoms with E-state index in [1.165, 1.54) is 3.97 Å². The molecule has 2 aliphatic heterocycles. The number of aliphatic hydroxyl groups is 1. The number of amides is 1. The lowest BCUT2D eigenvalue weighted by Gasteiger charge is -2.35. The Kier molecular flexibility index (Phi) is 7.54. The van der Waals surface area contributed by atoms with Crippen LogP contribution in [0.15, 0.2) is 84.0 Å². The van der Waals surface area contributed by atoms with Gasteiger partial charge in [-0.3, -0.25) is 9.69 Å². The molecule has 7 rings (SSSR count). The lowest BCUT2D eigenvalue weighted by molar-refractivity contribution is 0.00589. The third-order valence-electron chi connectivity index (χ3n) is 8.66. The second-order valence-corrected chi connectivity index (χ2v) is 13.7. The third kappa shape index (κ3) is 5.30. The van der Waals surface area contributed by atoms with E-state index >= 15 is 0 Å². The van der Waals surface area contributed by atoms with Gasteiger partial charge in [0.2, 0.25) is 0 Å². The largest absolute Gasteiger partial charge is 0.496 e. The van der Waals surface area contributed by atoms with Crippen molar-refractivity contribution in [1.82, 2.24) is 18.8 Å². The molecule has 0 aliphatic carbocycles. The van der Waals surface area contributed by atoms with Crippen molar-refractivity contribution in [2.24, 2.45) is 0 Å². The van der Waals surface area contributed by atoms with E-state index in [-0.39, 0.29) is 16.4 Å². The van der Waals surface area contributed by atoms with Crippen LogP contribution in [0.2, 0.25) is 0 Å². The van der Waals surface area contributed by atoms with Crippen molar-refractivity contribution in [2.75, 3.05) is 40.4 Å². The van der Waals surface area contributed by atoms with Crippen molar-refractivity contribution in [3.8, 4) is 33.8 Å². The maximum Gasteiger partial charge on any atom is 0.269 e. The van der Waals surface area contributed by atoms with E-state index < -0.39 is 16.1 Å². The van der Waals surface area contributed by atoms with Crippen LogP contribution in [0.4, 0.5) is 0 Å². The number of carbonyl (C=O) groups is 1. The Morgan fingerprint density at radius 1 is 1.00 bits per heavy atom. The number of methoxy groups -OCH3 is 1. The van der Waals surface area contributed by atoms with Gasteiger partial charge in [0.05, 0.1) is 23.7 Å². The topological polar surface area (TPSA) is 114 Å². The highest BCUT2D eigenvalue weighted by Gasteiger charge is 2.30. The number of likely N-dealkylation sites (tertiary alicyclic amines) is 1. The van der Waals surface area contributed by atoms with Gasteiger partial charge in [-0.05, 0) is 67.6 Å². The molecule has 0 saturated carbocycles. The van der Waals surface area contributed by atoms with Gasteiger partial charge in [0.1, 0.15) is 18.1 Å². The lowest BCUT2D eigenvalue weighted by Crippen LogP contribution is -2.53. The Labute approximate surface area is 267 Å². The van der Waals surface area contributed by atoms with Crippen LogP contribution < -0.4 is 9.47 Å². The van der Waals surface area contributed by atoms with E-state index in [2.05, 4.69) is 4.90 Å². The van der Waals surface area contributed by atoms with E-state index in [4.69, 9.17) is 14.5 Å². The lowest BCUT2D eigenvalue weighted by atomic mass is 9.99. The molecule has 5 aromatic rings. The van der Waals surface area contributed by atoms with Gasteiger partial charge < -0.3 is 19.5 Å². The van der Waals surface area contributed by atoms with Gasteiger partial charge >= 0.3 is 0 Å². The average molecular weight is 639 g/mol. The first-order chi connectivity index (χ1) is 22.1. The zero-order valence-electron chi connectivity index (χ0n) is 25.8. The van der Waals surface area contributed by atoms with Crippen LogP contribution in [0.25, 0.3) is 33.3 Å². The summed E-state index contributed by atoms with van der Waals surface area (Å²) in [6, 6.07) is 19.7. The Balaban J connectivity index is 1.36. The molecule has 10 nitrogen and oxygen atoms in total. The van der Waals surface area contributed by atoms with Crippen molar-refractivity contribution in [1.29, 1.82) is 0 Å². The van der Waals surface area contributed by atoms with Gasteiger partial charge in [0.15, 0.2) is 5.65 Å². The van der Waals surface area contributed by atoms with Crippen molar-refractivity contribution >= 4 is 27.0 Å². The Hall–Kier alpha value is -4.71. The average Bonchev–Trinajstić information content (AvgIpc) is 3.33. The van der Waals surface area contributed by atoms with Crippen LogP contribution in [0, 0.1) is 6.92 Å². The van der Waals surface area contributed by atoms with Crippen LogP contribution in [0.5, 0.6) is 11.5 Å². The zero-order valence-corrected chi connectivity index (χ0v) is 26.6. The number of nitrogens with zero attached hydrogens (tertiary/aromatic N) is 4. The van der Waals surface area contributed by atoms with E-state index in [1.54, 1.807) is 60.8 Å². The normalized spacial score (nSPS) is 15.6. The second-order valence-electron chi connectivity index (χ2n) is 11.9. The molecule has 236 valence electrons. The Morgan fingerprint density at radius 3 is 2.43 bits per heavy atom. The van der Waals surface area contributed by atoms with Crippen molar-refractivity contribution in [3.05, 3.63) is 95.8 Å². The fourth-order valence-electron chi connectivity index (χ4n) is 5.98. The monoisotopic (exact) mass is 638 g/mol. The van der Waals surface area contributed by atoms with Crippen LogP contribution in [-0.4, -0.2) is 84.7 Å². The molecular formula is C35H34N4O6S. The van der Waals surface area contributed by atoms with Crippen molar-refractivity contribution in [2.45, 2.75) is 24.5 Å². The van der Waals surface area contributed by atoms with Gasteiger partial charge in [-0.15, -0.1) is 0 Å². The number of aryl methyl sites for hydroxylation is 1. The SMILES string of the molecule is COc1cc(-c2cnc3c(c2)c(-c2ccc(C(=O)N4CC(O)C4)cc2)cn3S(=O)(=O)c2ccc(C)cc2)cc2c1CN(C)CCO2. The standard InChI is InChI=1S/C35H34N4O6S/c1-22-4-10-28(11-5-22)46(42,43)39-21-30(23-6-8-24(9-7-23)35(41)38-18-27(40)19-38)29-14-26(17-36-34(29)39)25-15-32(44-3)31-20-37(2)12-13-45-33(31)16-25/h4-11,14-17,21,27,40H,12-13,18-20H2,1-3H3. The first kappa shape index (κ1) is 30.0. The first-order valence-corrected chi connectivity index (χ1v) is 16.5. The summed E-state index contributed by atoms with van der Waals surface area (Å²) in [5.74, 6) is 1.29. The highest BCUT2D eigenvalue weighted by Crippen LogP contribution is 2.39. The first-order valence-electron chi connectivity index (χ1n) is 15.1. The van der Waals surface area contributed by atoms with Crippen molar-refractivity contribution in [3.63, 3.8) is 0 Å². The summed E-state index contributed by atoms with van der Waals surface area (Å²) in [7, 11) is -0.311. The van der Waals surface area contributed by atoms with E-state index in [0.29, 0.717) is 48.5 Å². The van der Waals surface area contributed by atoms with Crippen molar-refractivity contribution < 1.29 is 27.8 Å². The molecule has 1 fully saturated rings. The van der Waals surface area contributed by atoms with Crippen LogP contribution in [0.3, 0.4) is 0 Å². The molecular weight excluding hydrogens is 604 g/mol. The molecule has 4 heterocycles. The minimum Gasteiger partial charge on any atom is -0.496 e. The highest BCUT2D eigenvalue weighted by molar-refractivity contribution is 7.90. The second kappa shape index (κ2) is 11.6. The summed E-state index contributed by atoms with van der Waals surface area (Å²) in [4.78, 5) is 21.5. The number of rotatable bonds is 6. The van der Waals surface area contributed by atoms with E-state index in [1.807, 2.05) is 44.3 Å². The third-order valence-corrected chi connectivity index (χ3v) is 10.3. The summed E-state index contributed by atoms with van der Waals surface area (Å²) < 4.78 is 41.0. The Bertz CT molecular complexity index is 2070. The summed E-state index contributed by atoms with van der Waals surface area (Å²) >= 11 is 0. The maximum absolute atomic E-state index is 14.0. The molecule has 2 aromatic heterocycles. The summed E-state index contributed by atoms with van der Waals surface area (Å²) in [5, 5.41) is 10.3. The minimum atomic E-state index is -3.99. The molecule has 1 amide bonds. The summed E-state index contributed by atoms with van der Waals surface area (Å²) in [6.45, 7) is 4.56. The van der Waals surface area contributed by atoms with Crippen LogP contribution >= 0.6 is 0 Å². The predicted molar refractivity (Wildman–Crippen MR) is 175 cm³/mol. The van der Waals surface area contributed by atoms with Gasteiger partial charge in [-0.2, -0.15) is 0 Å². The molecule has 1 saturated heterocycles. The highest BCUT2D eigenvalue weighted by atomic mass is 32.2. The molecule has 1 N–H and O–H groups in total. The molecule has 11 heteroatoms. The quantitative estimate of drug-likeness (QED) is 0.288. The van der Waals surface area contributed by atoms with Gasteiger partial charge in [0, 0.05) is 60.6 Å². The number of benzene rings is 3. The summed E-state index contributed by atoms with van der Waals surface area (Å²) in [6.07, 6.45) is 2.77. The van der Waals surface area contributed by atoms with E-state index in [0.717, 1.165) is 40.1 Å². The predicted octanol–water partition coefficient (Wildman–Crippen LogP) is 4.57. The number of fused-ring (bicyclic) bond motifs is 2. The number of likely N-dealkylation sites (N-methyl/N-ethyl adjacent to an activating group) is 1. The smallest absolute Gasteiger partial charge is 0.269 e. The van der Waals surface area contributed by atoms with Gasteiger partial charge in [0.25, 0.3) is 15.9 Å². The minimum absolute atomic E-state index is 0.155. The number of hydrogen-bond donors (Lipinski definition) is 1. The number of β-amino-alcohol motifs (C(OH)–C–C–N with tert-alkyl or cyclic N) is 1.